The number of piperidine rings is 1. The van der Waals surface area contributed by atoms with Gasteiger partial charge in [0, 0.05) is 43.1 Å². The van der Waals surface area contributed by atoms with E-state index in [-0.39, 0.29) is 0 Å². The summed E-state index contributed by atoms with van der Waals surface area (Å²) in [7, 11) is 1.94. The lowest BCUT2D eigenvalue weighted by Crippen LogP contribution is -2.35. The van der Waals surface area contributed by atoms with Crippen LogP contribution in [0.1, 0.15) is 30.3 Å². The van der Waals surface area contributed by atoms with Crippen LogP contribution in [0.3, 0.4) is 0 Å². The fourth-order valence-electron chi connectivity index (χ4n) is 3.83. The van der Waals surface area contributed by atoms with E-state index in [1.807, 2.05) is 24.0 Å². The van der Waals surface area contributed by atoms with Gasteiger partial charge in [0.15, 0.2) is 0 Å². The Bertz CT molecular complexity index is 814. The largest absolute Gasteiger partial charge is 0.385 e. The van der Waals surface area contributed by atoms with Crippen LogP contribution in [0.5, 0.6) is 0 Å². The number of aromatic nitrogens is 3. The fourth-order valence-corrected chi connectivity index (χ4v) is 3.83. The summed E-state index contributed by atoms with van der Waals surface area (Å²) >= 11 is 0. The Labute approximate surface area is 141 Å². The first-order chi connectivity index (χ1) is 11.7. The van der Waals surface area contributed by atoms with Crippen LogP contribution in [-0.2, 0) is 13.6 Å². The molecular weight excluding hydrogens is 300 g/mol. The van der Waals surface area contributed by atoms with Gasteiger partial charge in [0.05, 0.1) is 0 Å². The number of nitrogens with zero attached hydrogens (tertiary/aromatic N) is 3. The van der Waals surface area contributed by atoms with Crippen molar-refractivity contribution in [1.29, 1.82) is 0 Å². The molecule has 3 aromatic rings. The third-order valence-electron chi connectivity index (χ3n) is 5.28. The third-order valence-corrected chi connectivity index (χ3v) is 5.28. The molecule has 126 valence electrons. The van der Waals surface area contributed by atoms with E-state index in [2.05, 4.69) is 39.1 Å². The molecule has 2 aromatic heterocycles. The first kappa shape index (κ1) is 15.4. The molecule has 4 rings (SSSR count). The number of aliphatic hydroxyl groups is 1. The smallest absolute Gasteiger partial charge is 0.137 e. The highest BCUT2D eigenvalue weighted by molar-refractivity contribution is 5.82. The van der Waals surface area contributed by atoms with Crippen LogP contribution in [0.15, 0.2) is 42.9 Å². The summed E-state index contributed by atoms with van der Waals surface area (Å²) in [4.78, 5) is 10.1. The number of fused-ring (bicyclic) bond motifs is 1. The third kappa shape index (κ3) is 2.85. The normalized spacial score (nSPS) is 18.2. The second kappa shape index (κ2) is 6.42. The number of aromatic amines is 1. The number of aliphatic hydroxyl groups excluding tert-OH is 1. The van der Waals surface area contributed by atoms with Crippen molar-refractivity contribution >= 4 is 10.9 Å². The predicted molar refractivity (Wildman–Crippen MR) is 94.5 cm³/mol. The maximum atomic E-state index is 10.6. The van der Waals surface area contributed by atoms with Gasteiger partial charge in [-0.3, -0.25) is 4.90 Å². The Morgan fingerprint density at radius 3 is 2.88 bits per heavy atom. The zero-order valence-corrected chi connectivity index (χ0v) is 14.0. The van der Waals surface area contributed by atoms with Gasteiger partial charge in [-0.05, 0) is 49.5 Å². The molecule has 0 aliphatic carbocycles. The van der Waals surface area contributed by atoms with Crippen molar-refractivity contribution in [3.63, 3.8) is 0 Å². The molecule has 3 heterocycles. The van der Waals surface area contributed by atoms with E-state index in [0.717, 1.165) is 38.3 Å². The molecule has 1 atom stereocenters. The van der Waals surface area contributed by atoms with Gasteiger partial charge < -0.3 is 14.7 Å². The van der Waals surface area contributed by atoms with Gasteiger partial charge in [-0.15, -0.1) is 0 Å². The topological polar surface area (TPSA) is 57.1 Å². The molecule has 1 aromatic carbocycles. The maximum absolute atomic E-state index is 10.6. The Morgan fingerprint density at radius 1 is 1.29 bits per heavy atom. The number of likely N-dealkylation sites (tertiary alicyclic amines) is 1. The van der Waals surface area contributed by atoms with Crippen LogP contribution in [0, 0.1) is 5.92 Å². The molecule has 5 heteroatoms. The van der Waals surface area contributed by atoms with E-state index in [9.17, 15) is 5.11 Å². The SMILES string of the molecule is Cn1ccnc1[C@H](O)C1CCN(Cc2cccc3[nH]ccc23)CC1. The molecule has 0 saturated carbocycles. The predicted octanol–water partition coefficient (Wildman–Crippen LogP) is 2.85. The number of rotatable bonds is 4. The Hall–Kier alpha value is -2.11. The molecule has 5 nitrogen and oxygen atoms in total. The number of aryl methyl sites for hydroxylation is 1. The fraction of sp³-hybridized carbons (Fsp3) is 0.421. The summed E-state index contributed by atoms with van der Waals surface area (Å²) in [6.07, 6.45) is 7.22. The van der Waals surface area contributed by atoms with Crippen LogP contribution in [0.2, 0.25) is 0 Å². The number of nitrogens with one attached hydrogen (secondary N) is 1. The van der Waals surface area contributed by atoms with Gasteiger partial charge in [0.2, 0.25) is 0 Å². The number of imidazole rings is 1. The molecule has 0 bridgehead atoms. The molecule has 0 unspecified atom stereocenters. The lowest BCUT2D eigenvalue weighted by atomic mass is 9.90. The van der Waals surface area contributed by atoms with E-state index >= 15 is 0 Å². The van der Waals surface area contributed by atoms with Crippen molar-refractivity contribution in [1.82, 2.24) is 19.4 Å². The summed E-state index contributed by atoms with van der Waals surface area (Å²) in [6, 6.07) is 8.60. The maximum Gasteiger partial charge on any atom is 0.137 e. The minimum absolute atomic E-state index is 0.297. The molecular formula is C19H24N4O. The van der Waals surface area contributed by atoms with Gasteiger partial charge in [0.25, 0.3) is 0 Å². The highest BCUT2D eigenvalue weighted by Crippen LogP contribution is 2.30. The van der Waals surface area contributed by atoms with E-state index in [0.29, 0.717) is 5.92 Å². The van der Waals surface area contributed by atoms with Crippen molar-refractivity contribution in [3.8, 4) is 0 Å². The van der Waals surface area contributed by atoms with Crippen molar-refractivity contribution in [2.24, 2.45) is 13.0 Å². The number of hydrogen-bond donors (Lipinski definition) is 2. The highest BCUT2D eigenvalue weighted by atomic mass is 16.3. The van der Waals surface area contributed by atoms with E-state index in [1.165, 1.54) is 16.5 Å². The van der Waals surface area contributed by atoms with Crippen molar-refractivity contribution in [2.45, 2.75) is 25.5 Å². The summed E-state index contributed by atoms with van der Waals surface area (Å²) in [6.45, 7) is 3.01. The second-order valence-electron chi connectivity index (χ2n) is 6.81. The van der Waals surface area contributed by atoms with Gasteiger partial charge in [-0.1, -0.05) is 12.1 Å². The lowest BCUT2D eigenvalue weighted by molar-refractivity contribution is 0.0493. The van der Waals surface area contributed by atoms with Crippen molar-refractivity contribution in [3.05, 3.63) is 54.2 Å². The number of H-pyrrole nitrogens is 1. The minimum atomic E-state index is -0.458. The monoisotopic (exact) mass is 324 g/mol. The van der Waals surface area contributed by atoms with Crippen molar-refractivity contribution < 1.29 is 5.11 Å². The van der Waals surface area contributed by atoms with Crippen LogP contribution in [0.25, 0.3) is 10.9 Å². The number of benzene rings is 1. The molecule has 0 amide bonds. The van der Waals surface area contributed by atoms with Crippen LogP contribution in [-0.4, -0.2) is 37.6 Å². The Morgan fingerprint density at radius 2 is 2.12 bits per heavy atom. The van der Waals surface area contributed by atoms with Gasteiger partial charge >= 0.3 is 0 Å². The van der Waals surface area contributed by atoms with E-state index in [4.69, 9.17) is 0 Å². The average molecular weight is 324 g/mol. The zero-order valence-electron chi connectivity index (χ0n) is 14.0. The molecule has 1 saturated heterocycles. The highest BCUT2D eigenvalue weighted by Gasteiger charge is 2.28. The first-order valence-corrected chi connectivity index (χ1v) is 8.65. The van der Waals surface area contributed by atoms with Gasteiger partial charge in [-0.2, -0.15) is 0 Å². The van der Waals surface area contributed by atoms with E-state index < -0.39 is 6.10 Å². The van der Waals surface area contributed by atoms with Crippen LogP contribution in [0.4, 0.5) is 0 Å². The summed E-state index contributed by atoms with van der Waals surface area (Å²) < 4.78 is 1.92. The molecule has 1 fully saturated rings. The molecule has 24 heavy (non-hydrogen) atoms. The van der Waals surface area contributed by atoms with Gasteiger partial charge in [-0.25, -0.2) is 4.98 Å². The average Bonchev–Trinajstić information content (AvgIpc) is 3.24. The molecule has 2 N–H and O–H groups in total. The molecule has 0 spiro atoms. The zero-order chi connectivity index (χ0) is 16.5. The minimum Gasteiger partial charge on any atom is -0.385 e. The van der Waals surface area contributed by atoms with Crippen molar-refractivity contribution in [2.75, 3.05) is 13.1 Å². The van der Waals surface area contributed by atoms with E-state index in [1.54, 1.807) is 6.20 Å². The Balaban J connectivity index is 1.40. The first-order valence-electron chi connectivity index (χ1n) is 8.65. The molecule has 1 aliphatic rings. The second-order valence-corrected chi connectivity index (χ2v) is 6.81. The molecule has 1 aliphatic heterocycles. The summed E-state index contributed by atoms with van der Waals surface area (Å²) in [5.41, 5.74) is 2.57. The number of hydrogen-bond acceptors (Lipinski definition) is 3. The Kier molecular flexibility index (Phi) is 4.12. The lowest BCUT2D eigenvalue weighted by Gasteiger charge is -2.34. The van der Waals surface area contributed by atoms with Crippen LogP contribution >= 0.6 is 0 Å². The quantitative estimate of drug-likeness (QED) is 0.776. The summed E-state index contributed by atoms with van der Waals surface area (Å²) in [5, 5.41) is 11.9. The van der Waals surface area contributed by atoms with Gasteiger partial charge in [0.1, 0.15) is 11.9 Å². The molecule has 0 radical (unpaired) electrons. The van der Waals surface area contributed by atoms with Crippen LogP contribution < -0.4 is 0 Å². The summed E-state index contributed by atoms with van der Waals surface area (Å²) in [5.74, 6) is 1.08. The standard InChI is InChI=1S/C19H24N4O/c1-22-12-9-21-19(22)18(24)14-6-10-23(11-7-14)13-15-3-2-4-17-16(15)5-8-20-17/h2-5,8-9,12,14,18,20,24H,6-7,10-11,13H2,1H3/t18-/m1/s1.